The highest BCUT2D eigenvalue weighted by atomic mass is 35.5. The number of rotatable bonds is 3. The highest BCUT2D eigenvalue weighted by Crippen LogP contribution is 2.29. The Kier molecular flexibility index (Phi) is 3.85. The quantitative estimate of drug-likeness (QED) is 0.381. The van der Waals surface area contributed by atoms with E-state index >= 15 is 0 Å². The molecule has 0 heterocycles. The largest absolute Gasteiger partial charge is 0.290 e. The fraction of sp³-hybridized carbons (Fsp3) is 0. The van der Waals surface area contributed by atoms with Gasteiger partial charge in [0.25, 0.3) is 5.69 Å². The molecule has 0 aromatic heterocycles. The summed E-state index contributed by atoms with van der Waals surface area (Å²) in [6.45, 7) is 0. The van der Waals surface area contributed by atoms with Gasteiger partial charge in [0.15, 0.2) is 0 Å². The summed E-state index contributed by atoms with van der Waals surface area (Å²) < 4.78 is 0. The Morgan fingerprint density at radius 3 is 2.64 bits per heavy atom. The molecular formula is C17H11ClN2O2. The fourth-order valence-corrected chi connectivity index (χ4v) is 2.41. The van der Waals surface area contributed by atoms with Crippen LogP contribution in [-0.4, -0.2) is 11.1 Å². The van der Waals surface area contributed by atoms with Crippen LogP contribution in [0.5, 0.6) is 0 Å². The van der Waals surface area contributed by atoms with Crippen molar-refractivity contribution in [1.29, 1.82) is 0 Å². The van der Waals surface area contributed by atoms with Crippen molar-refractivity contribution in [3.05, 3.63) is 81.4 Å². The van der Waals surface area contributed by atoms with Crippen molar-refractivity contribution in [3.8, 4) is 0 Å². The maximum atomic E-state index is 10.9. The Morgan fingerprint density at radius 2 is 1.82 bits per heavy atom. The molecule has 0 aliphatic rings. The first-order valence-electron chi connectivity index (χ1n) is 6.61. The minimum Gasteiger partial charge on any atom is -0.258 e. The van der Waals surface area contributed by atoms with Gasteiger partial charge < -0.3 is 0 Å². The van der Waals surface area contributed by atoms with Crippen LogP contribution < -0.4 is 0 Å². The zero-order valence-corrected chi connectivity index (χ0v) is 12.2. The van der Waals surface area contributed by atoms with E-state index in [2.05, 4.69) is 4.99 Å². The molecule has 3 aromatic rings. The fourth-order valence-electron chi connectivity index (χ4n) is 2.23. The van der Waals surface area contributed by atoms with Gasteiger partial charge in [-0.15, -0.1) is 0 Å². The third-order valence-corrected chi connectivity index (χ3v) is 3.62. The molecule has 0 atom stereocenters. The molecule has 0 saturated carbocycles. The molecule has 3 aromatic carbocycles. The third kappa shape index (κ3) is 2.82. The lowest BCUT2D eigenvalue weighted by Crippen LogP contribution is -1.88. The summed E-state index contributed by atoms with van der Waals surface area (Å²) >= 11 is 5.79. The number of hydrogen-bond donors (Lipinski definition) is 0. The summed E-state index contributed by atoms with van der Waals surface area (Å²) in [6, 6.07) is 18.4. The molecule has 0 aliphatic heterocycles. The second-order valence-corrected chi connectivity index (χ2v) is 5.13. The smallest absolute Gasteiger partial charge is 0.258 e. The molecule has 0 saturated heterocycles. The van der Waals surface area contributed by atoms with Crippen LogP contribution in [0.4, 0.5) is 11.4 Å². The molecule has 4 nitrogen and oxygen atoms in total. The Balaban J connectivity index is 2.00. The zero-order valence-electron chi connectivity index (χ0n) is 11.4. The van der Waals surface area contributed by atoms with Crippen molar-refractivity contribution in [2.24, 2.45) is 4.99 Å². The maximum absolute atomic E-state index is 10.9. The van der Waals surface area contributed by atoms with Crippen molar-refractivity contribution in [2.75, 3.05) is 0 Å². The van der Waals surface area contributed by atoms with Crippen LogP contribution >= 0.6 is 11.6 Å². The first kappa shape index (κ1) is 14.2. The van der Waals surface area contributed by atoms with E-state index in [9.17, 15) is 10.1 Å². The predicted molar refractivity (Wildman–Crippen MR) is 89.3 cm³/mol. The normalized spacial score (nSPS) is 11.1. The first-order chi connectivity index (χ1) is 10.6. The van der Waals surface area contributed by atoms with Gasteiger partial charge >= 0.3 is 0 Å². The molecule has 0 radical (unpaired) electrons. The summed E-state index contributed by atoms with van der Waals surface area (Å²) in [5.41, 5.74) is 1.30. The van der Waals surface area contributed by atoms with Crippen molar-refractivity contribution in [2.45, 2.75) is 0 Å². The van der Waals surface area contributed by atoms with E-state index in [1.165, 1.54) is 12.1 Å². The average Bonchev–Trinajstić information content (AvgIpc) is 2.53. The SMILES string of the molecule is O=[N+]([O-])c1cc(N=Cc2cccc3ccccc23)ccc1Cl. The van der Waals surface area contributed by atoms with Gasteiger partial charge in [0.05, 0.1) is 10.6 Å². The van der Waals surface area contributed by atoms with Gasteiger partial charge in [-0.3, -0.25) is 15.1 Å². The molecule has 0 N–H and O–H groups in total. The monoisotopic (exact) mass is 310 g/mol. The number of benzene rings is 3. The van der Waals surface area contributed by atoms with Crippen molar-refractivity contribution < 1.29 is 4.92 Å². The van der Waals surface area contributed by atoms with Gasteiger partial charge in [-0.25, -0.2) is 0 Å². The van der Waals surface area contributed by atoms with Crippen LogP contribution in [0.15, 0.2) is 65.7 Å². The summed E-state index contributed by atoms with van der Waals surface area (Å²) in [6.07, 6.45) is 1.70. The van der Waals surface area contributed by atoms with Crippen LogP contribution in [0.2, 0.25) is 5.02 Å². The Labute approximate surface area is 131 Å². The van der Waals surface area contributed by atoms with Crippen LogP contribution in [0, 0.1) is 10.1 Å². The van der Waals surface area contributed by atoms with Crippen molar-refractivity contribution in [3.63, 3.8) is 0 Å². The van der Waals surface area contributed by atoms with E-state index in [0.29, 0.717) is 5.69 Å². The first-order valence-corrected chi connectivity index (χ1v) is 6.99. The lowest BCUT2D eigenvalue weighted by atomic mass is 10.1. The lowest BCUT2D eigenvalue weighted by molar-refractivity contribution is -0.384. The minimum atomic E-state index is -0.515. The molecule has 5 heteroatoms. The highest BCUT2D eigenvalue weighted by molar-refractivity contribution is 6.32. The molecule has 0 aliphatic carbocycles. The predicted octanol–water partition coefficient (Wildman–Crippen LogP) is 5.15. The summed E-state index contributed by atoms with van der Waals surface area (Å²) in [4.78, 5) is 14.7. The molecule has 0 fully saturated rings. The van der Waals surface area contributed by atoms with Crippen LogP contribution in [0.25, 0.3) is 10.8 Å². The molecule has 0 bridgehead atoms. The Bertz CT molecular complexity index is 885. The number of halogens is 1. The summed E-state index contributed by atoms with van der Waals surface area (Å²) in [7, 11) is 0. The molecule has 108 valence electrons. The number of fused-ring (bicyclic) bond motifs is 1. The Morgan fingerprint density at radius 1 is 1.05 bits per heavy atom. The molecule has 22 heavy (non-hydrogen) atoms. The van der Waals surface area contributed by atoms with Crippen molar-refractivity contribution in [1.82, 2.24) is 0 Å². The molecular weight excluding hydrogens is 300 g/mol. The van der Waals surface area contributed by atoms with E-state index in [0.717, 1.165) is 16.3 Å². The molecule has 0 spiro atoms. The van der Waals surface area contributed by atoms with E-state index in [-0.39, 0.29) is 10.7 Å². The lowest BCUT2D eigenvalue weighted by Gasteiger charge is -2.01. The van der Waals surface area contributed by atoms with Gasteiger partial charge in [0, 0.05) is 17.8 Å². The number of aliphatic imine (C=N–C) groups is 1. The third-order valence-electron chi connectivity index (χ3n) is 3.30. The average molecular weight is 311 g/mol. The molecule has 3 rings (SSSR count). The van der Waals surface area contributed by atoms with Gasteiger partial charge in [0.1, 0.15) is 5.02 Å². The summed E-state index contributed by atoms with van der Waals surface area (Å²) in [5, 5.41) is 13.2. The standard InChI is InChI=1S/C17H11ClN2O2/c18-16-9-8-14(10-17(16)20(21)22)19-11-13-6-3-5-12-4-1-2-7-15(12)13/h1-11H. The van der Waals surface area contributed by atoms with Crippen LogP contribution in [0.3, 0.4) is 0 Å². The molecule has 0 amide bonds. The van der Waals surface area contributed by atoms with Crippen LogP contribution in [-0.2, 0) is 0 Å². The van der Waals surface area contributed by atoms with E-state index in [1.54, 1.807) is 12.3 Å². The highest BCUT2D eigenvalue weighted by Gasteiger charge is 2.12. The summed E-state index contributed by atoms with van der Waals surface area (Å²) in [5.74, 6) is 0. The van der Waals surface area contributed by atoms with Gasteiger partial charge in [-0.05, 0) is 22.9 Å². The second-order valence-electron chi connectivity index (χ2n) is 4.72. The van der Waals surface area contributed by atoms with Crippen molar-refractivity contribution >= 4 is 40.0 Å². The second kappa shape index (κ2) is 5.95. The number of hydrogen-bond acceptors (Lipinski definition) is 3. The minimum absolute atomic E-state index is 0.106. The van der Waals surface area contributed by atoms with Gasteiger partial charge in [-0.2, -0.15) is 0 Å². The number of nitro benzene ring substituents is 1. The van der Waals surface area contributed by atoms with Gasteiger partial charge in [0.2, 0.25) is 0 Å². The van der Waals surface area contributed by atoms with E-state index < -0.39 is 4.92 Å². The topological polar surface area (TPSA) is 55.5 Å². The Hall–Kier alpha value is -2.72. The van der Waals surface area contributed by atoms with Crippen LogP contribution in [0.1, 0.15) is 5.56 Å². The number of nitrogens with zero attached hydrogens (tertiary/aromatic N) is 2. The molecule has 0 unspecified atom stereocenters. The maximum Gasteiger partial charge on any atom is 0.290 e. The zero-order chi connectivity index (χ0) is 15.5. The van der Waals surface area contributed by atoms with Gasteiger partial charge in [-0.1, -0.05) is 54.1 Å². The van der Waals surface area contributed by atoms with E-state index in [1.807, 2.05) is 42.5 Å². The van der Waals surface area contributed by atoms with E-state index in [4.69, 9.17) is 11.6 Å². The number of nitro groups is 1.